The van der Waals surface area contributed by atoms with Crippen molar-refractivity contribution in [1.29, 1.82) is 0 Å². The van der Waals surface area contributed by atoms with Gasteiger partial charge in [-0.2, -0.15) is 0 Å². The first-order valence-electron chi connectivity index (χ1n) is 5.57. The van der Waals surface area contributed by atoms with Crippen LogP contribution in [0.1, 0.15) is 25.5 Å². The van der Waals surface area contributed by atoms with Crippen LogP contribution in [-0.4, -0.2) is 19.7 Å². The predicted molar refractivity (Wildman–Crippen MR) is 68.1 cm³/mol. The van der Waals surface area contributed by atoms with E-state index < -0.39 is 0 Å². The van der Waals surface area contributed by atoms with E-state index in [0.29, 0.717) is 17.4 Å². The Kier molecular flexibility index (Phi) is 5.60. The fraction of sp³-hybridized carbons (Fsp3) is 0.500. The van der Waals surface area contributed by atoms with Crippen LogP contribution in [0.15, 0.2) is 18.2 Å². The van der Waals surface area contributed by atoms with Crippen molar-refractivity contribution >= 4 is 11.6 Å². The largest absolute Gasteiger partial charge is 0.492 e. The molecule has 0 saturated carbocycles. The summed E-state index contributed by atoms with van der Waals surface area (Å²) in [7, 11) is 0. The average Bonchev–Trinajstić information content (AvgIpc) is 2.29. The summed E-state index contributed by atoms with van der Waals surface area (Å²) in [5.41, 5.74) is 7.03. The van der Waals surface area contributed by atoms with Crippen molar-refractivity contribution in [1.82, 2.24) is 5.32 Å². The molecule has 1 atom stereocenters. The Balaban J connectivity index is 2.71. The van der Waals surface area contributed by atoms with Gasteiger partial charge >= 0.3 is 0 Å². The van der Waals surface area contributed by atoms with E-state index in [4.69, 9.17) is 22.1 Å². The first-order valence-corrected chi connectivity index (χ1v) is 5.95. The molecular formula is C12H19ClN2O. The minimum Gasteiger partial charge on any atom is -0.492 e. The molecule has 1 aromatic carbocycles. The summed E-state index contributed by atoms with van der Waals surface area (Å²) in [6.45, 7) is 6.26. The van der Waals surface area contributed by atoms with Crippen molar-refractivity contribution < 1.29 is 4.74 Å². The van der Waals surface area contributed by atoms with Crippen molar-refractivity contribution in [2.45, 2.75) is 19.9 Å². The van der Waals surface area contributed by atoms with Crippen LogP contribution in [0.5, 0.6) is 5.75 Å². The SMILES string of the molecule is CCNCC(N)c1ccc(OCC)c(Cl)c1. The third kappa shape index (κ3) is 3.67. The molecule has 0 aliphatic heterocycles. The van der Waals surface area contributed by atoms with Crippen molar-refractivity contribution in [2.24, 2.45) is 5.73 Å². The predicted octanol–water partition coefficient (Wildman–Crippen LogP) is 2.35. The van der Waals surface area contributed by atoms with Gasteiger partial charge in [0.1, 0.15) is 5.75 Å². The van der Waals surface area contributed by atoms with Crippen LogP contribution >= 0.6 is 11.6 Å². The second kappa shape index (κ2) is 6.74. The molecule has 0 heterocycles. The number of nitrogens with two attached hydrogens (primary N) is 1. The molecule has 90 valence electrons. The zero-order valence-electron chi connectivity index (χ0n) is 9.79. The lowest BCUT2D eigenvalue weighted by Gasteiger charge is -2.14. The fourth-order valence-corrected chi connectivity index (χ4v) is 1.68. The van der Waals surface area contributed by atoms with E-state index in [-0.39, 0.29) is 6.04 Å². The van der Waals surface area contributed by atoms with Crippen molar-refractivity contribution in [3.63, 3.8) is 0 Å². The van der Waals surface area contributed by atoms with Gasteiger partial charge in [0.05, 0.1) is 11.6 Å². The van der Waals surface area contributed by atoms with Crippen LogP contribution < -0.4 is 15.8 Å². The molecule has 4 heteroatoms. The molecule has 0 spiro atoms. The fourth-order valence-electron chi connectivity index (χ4n) is 1.44. The molecule has 0 fully saturated rings. The van der Waals surface area contributed by atoms with Crippen LogP contribution in [0.3, 0.4) is 0 Å². The number of halogens is 1. The van der Waals surface area contributed by atoms with E-state index >= 15 is 0 Å². The first-order chi connectivity index (χ1) is 7.69. The van der Waals surface area contributed by atoms with Gasteiger partial charge in [-0.15, -0.1) is 0 Å². The Morgan fingerprint density at radius 2 is 2.19 bits per heavy atom. The number of hydrogen-bond acceptors (Lipinski definition) is 3. The Morgan fingerprint density at radius 1 is 1.44 bits per heavy atom. The van der Waals surface area contributed by atoms with Gasteiger partial charge in [-0.1, -0.05) is 24.6 Å². The van der Waals surface area contributed by atoms with Gasteiger partial charge in [0.2, 0.25) is 0 Å². The second-order valence-electron chi connectivity index (χ2n) is 3.54. The Hall–Kier alpha value is -0.770. The quantitative estimate of drug-likeness (QED) is 0.805. The minimum atomic E-state index is -0.0341. The van der Waals surface area contributed by atoms with E-state index in [1.807, 2.05) is 25.1 Å². The molecule has 1 unspecified atom stereocenters. The van der Waals surface area contributed by atoms with Crippen molar-refractivity contribution in [3.05, 3.63) is 28.8 Å². The lowest BCUT2D eigenvalue weighted by molar-refractivity contribution is 0.340. The van der Waals surface area contributed by atoms with Gasteiger partial charge in [0.25, 0.3) is 0 Å². The first kappa shape index (κ1) is 13.3. The number of hydrogen-bond donors (Lipinski definition) is 2. The normalized spacial score (nSPS) is 12.5. The van der Waals surface area contributed by atoms with Gasteiger partial charge < -0.3 is 15.8 Å². The van der Waals surface area contributed by atoms with Gasteiger partial charge in [0.15, 0.2) is 0 Å². The van der Waals surface area contributed by atoms with Crippen LogP contribution in [-0.2, 0) is 0 Å². The number of benzene rings is 1. The number of ether oxygens (including phenoxy) is 1. The lowest BCUT2D eigenvalue weighted by Crippen LogP contribution is -2.26. The maximum Gasteiger partial charge on any atom is 0.137 e. The molecule has 0 amide bonds. The summed E-state index contributed by atoms with van der Waals surface area (Å²) >= 11 is 6.09. The summed E-state index contributed by atoms with van der Waals surface area (Å²) in [5.74, 6) is 0.712. The highest BCUT2D eigenvalue weighted by Gasteiger charge is 2.08. The maximum atomic E-state index is 6.09. The molecule has 0 radical (unpaired) electrons. The molecule has 1 rings (SSSR count). The van der Waals surface area contributed by atoms with Gasteiger partial charge in [-0.3, -0.25) is 0 Å². The monoisotopic (exact) mass is 242 g/mol. The molecule has 0 bridgehead atoms. The smallest absolute Gasteiger partial charge is 0.137 e. The Bertz CT molecular complexity index is 331. The summed E-state index contributed by atoms with van der Waals surface area (Å²) in [5, 5.41) is 3.82. The molecule has 0 aromatic heterocycles. The van der Waals surface area contributed by atoms with E-state index in [2.05, 4.69) is 12.2 Å². The summed E-state index contributed by atoms with van der Waals surface area (Å²) < 4.78 is 5.36. The molecule has 0 aliphatic carbocycles. The van der Waals surface area contributed by atoms with Crippen LogP contribution in [0.2, 0.25) is 5.02 Å². The van der Waals surface area contributed by atoms with E-state index in [1.54, 1.807) is 0 Å². The van der Waals surface area contributed by atoms with Crippen molar-refractivity contribution in [2.75, 3.05) is 19.7 Å². The molecule has 1 aromatic rings. The zero-order chi connectivity index (χ0) is 12.0. The zero-order valence-corrected chi connectivity index (χ0v) is 10.6. The van der Waals surface area contributed by atoms with Crippen molar-refractivity contribution in [3.8, 4) is 5.75 Å². The third-order valence-electron chi connectivity index (χ3n) is 2.30. The lowest BCUT2D eigenvalue weighted by atomic mass is 10.1. The van der Waals surface area contributed by atoms with Crippen LogP contribution in [0, 0.1) is 0 Å². The highest BCUT2D eigenvalue weighted by atomic mass is 35.5. The highest BCUT2D eigenvalue weighted by molar-refractivity contribution is 6.32. The van der Waals surface area contributed by atoms with Crippen LogP contribution in [0.25, 0.3) is 0 Å². The Morgan fingerprint density at radius 3 is 2.75 bits per heavy atom. The standard InChI is InChI=1S/C12H19ClN2O/c1-3-15-8-11(14)9-5-6-12(16-4-2)10(13)7-9/h5-7,11,15H,3-4,8,14H2,1-2H3. The maximum absolute atomic E-state index is 6.09. The van der Waals surface area contributed by atoms with Gasteiger partial charge in [0, 0.05) is 12.6 Å². The van der Waals surface area contributed by atoms with E-state index in [0.717, 1.165) is 18.7 Å². The molecular weight excluding hydrogens is 224 g/mol. The molecule has 16 heavy (non-hydrogen) atoms. The minimum absolute atomic E-state index is 0.0341. The number of nitrogens with one attached hydrogen (secondary N) is 1. The van der Waals surface area contributed by atoms with Gasteiger partial charge in [-0.25, -0.2) is 0 Å². The summed E-state index contributed by atoms with van der Waals surface area (Å²) in [6, 6.07) is 5.66. The Labute approximate surface area is 102 Å². The third-order valence-corrected chi connectivity index (χ3v) is 2.59. The summed E-state index contributed by atoms with van der Waals surface area (Å²) in [6.07, 6.45) is 0. The molecule has 0 aliphatic rings. The number of likely N-dealkylation sites (N-methyl/N-ethyl adjacent to an activating group) is 1. The van der Waals surface area contributed by atoms with Gasteiger partial charge in [-0.05, 0) is 31.2 Å². The topological polar surface area (TPSA) is 47.3 Å². The van der Waals surface area contributed by atoms with E-state index in [9.17, 15) is 0 Å². The second-order valence-corrected chi connectivity index (χ2v) is 3.94. The van der Waals surface area contributed by atoms with Crippen LogP contribution in [0.4, 0.5) is 0 Å². The number of rotatable bonds is 6. The molecule has 3 nitrogen and oxygen atoms in total. The summed E-state index contributed by atoms with van der Waals surface area (Å²) in [4.78, 5) is 0. The molecule has 3 N–H and O–H groups in total. The van der Waals surface area contributed by atoms with E-state index in [1.165, 1.54) is 0 Å². The average molecular weight is 243 g/mol. The highest BCUT2D eigenvalue weighted by Crippen LogP contribution is 2.27. The molecule has 0 saturated heterocycles.